The minimum Gasteiger partial charge on any atom is -0.310 e. The van der Waals surface area contributed by atoms with Crippen LogP contribution in [0, 0.1) is 0 Å². The molecule has 0 aromatic heterocycles. The molecule has 1 nitrogen and oxygen atoms in total. The van der Waals surface area contributed by atoms with Crippen molar-refractivity contribution < 1.29 is 0 Å². The highest BCUT2D eigenvalue weighted by Crippen LogP contribution is 2.30. The van der Waals surface area contributed by atoms with E-state index < -0.39 is 0 Å². The van der Waals surface area contributed by atoms with Crippen LogP contribution in [0.2, 0.25) is 5.02 Å². The highest BCUT2D eigenvalue weighted by Gasteiger charge is 2.20. The molecule has 0 bridgehead atoms. The van der Waals surface area contributed by atoms with E-state index in [4.69, 9.17) is 11.6 Å². The second-order valence-corrected chi connectivity index (χ2v) is 4.28. The first-order chi connectivity index (χ1) is 5.77. The largest absolute Gasteiger partial charge is 0.310 e. The lowest BCUT2D eigenvalue weighted by molar-refractivity contribution is 0.383. The Kier molecular flexibility index (Phi) is 2.40. The molecule has 64 valence electrons. The zero-order valence-corrected chi connectivity index (χ0v) is 8.82. The van der Waals surface area contributed by atoms with Gasteiger partial charge in [-0.1, -0.05) is 33.6 Å². The summed E-state index contributed by atoms with van der Waals surface area (Å²) in [6, 6.07) is 6.52. The molecule has 1 saturated heterocycles. The summed E-state index contributed by atoms with van der Waals surface area (Å²) in [6.45, 7) is 1.11. The van der Waals surface area contributed by atoms with E-state index in [1.54, 1.807) is 0 Å². The Morgan fingerprint density at radius 1 is 1.50 bits per heavy atom. The second kappa shape index (κ2) is 3.36. The maximum Gasteiger partial charge on any atom is 0.0465 e. The molecule has 1 N–H and O–H groups in total. The van der Waals surface area contributed by atoms with E-state index in [9.17, 15) is 0 Å². The van der Waals surface area contributed by atoms with E-state index in [1.165, 1.54) is 12.0 Å². The third-order valence-corrected chi connectivity index (χ3v) is 2.98. The summed E-state index contributed by atoms with van der Waals surface area (Å²) in [7, 11) is 0. The minimum absolute atomic E-state index is 0.477. The molecule has 3 heteroatoms. The molecule has 0 spiro atoms. The monoisotopic (exact) mass is 245 g/mol. The normalized spacial score (nSPS) is 22.0. The summed E-state index contributed by atoms with van der Waals surface area (Å²) in [5, 5.41) is 4.17. The van der Waals surface area contributed by atoms with Gasteiger partial charge in [-0.05, 0) is 30.7 Å². The van der Waals surface area contributed by atoms with Crippen molar-refractivity contribution in [1.82, 2.24) is 5.32 Å². The van der Waals surface area contributed by atoms with Crippen molar-refractivity contribution in [2.24, 2.45) is 0 Å². The molecule has 2 rings (SSSR count). The van der Waals surface area contributed by atoms with Crippen LogP contribution in [0.1, 0.15) is 18.0 Å². The SMILES string of the molecule is Clc1cc(Br)ccc1C1CCN1. The van der Waals surface area contributed by atoms with Gasteiger partial charge < -0.3 is 5.32 Å². The van der Waals surface area contributed by atoms with Gasteiger partial charge in [-0.2, -0.15) is 0 Å². The van der Waals surface area contributed by atoms with Crippen LogP contribution in [0.4, 0.5) is 0 Å². The molecule has 1 fully saturated rings. The maximum absolute atomic E-state index is 6.07. The lowest BCUT2D eigenvalue weighted by Gasteiger charge is -2.28. The van der Waals surface area contributed by atoms with Gasteiger partial charge in [-0.25, -0.2) is 0 Å². The Morgan fingerprint density at radius 2 is 2.25 bits per heavy atom. The van der Waals surface area contributed by atoms with Gasteiger partial charge in [0.2, 0.25) is 0 Å². The number of nitrogens with one attached hydrogen (secondary N) is 1. The summed E-state index contributed by atoms with van der Waals surface area (Å²) in [4.78, 5) is 0. The molecule has 0 radical (unpaired) electrons. The smallest absolute Gasteiger partial charge is 0.0465 e. The van der Waals surface area contributed by atoms with Gasteiger partial charge in [0.15, 0.2) is 0 Å². The fourth-order valence-electron chi connectivity index (χ4n) is 1.34. The molecular formula is C9H9BrClN. The van der Waals surface area contributed by atoms with Gasteiger partial charge in [-0.15, -0.1) is 0 Å². The van der Waals surface area contributed by atoms with Crippen LogP contribution in [-0.4, -0.2) is 6.54 Å². The quantitative estimate of drug-likeness (QED) is 0.803. The maximum atomic E-state index is 6.07. The van der Waals surface area contributed by atoms with Gasteiger partial charge in [0.05, 0.1) is 0 Å². The fraction of sp³-hybridized carbons (Fsp3) is 0.333. The third-order valence-electron chi connectivity index (χ3n) is 2.16. The topological polar surface area (TPSA) is 12.0 Å². The predicted octanol–water partition coefficient (Wildman–Crippen LogP) is 3.14. The van der Waals surface area contributed by atoms with E-state index in [2.05, 4.69) is 27.3 Å². The number of halogens is 2. The standard InChI is InChI=1S/C9H9BrClN/c10-6-1-2-7(8(11)5-6)9-3-4-12-9/h1-2,5,9,12H,3-4H2. The first-order valence-electron chi connectivity index (χ1n) is 3.96. The van der Waals surface area contributed by atoms with Crippen LogP contribution in [-0.2, 0) is 0 Å². The van der Waals surface area contributed by atoms with Crippen LogP contribution >= 0.6 is 27.5 Å². The summed E-state index contributed by atoms with van der Waals surface area (Å²) in [5.74, 6) is 0. The molecule has 1 unspecified atom stereocenters. The van der Waals surface area contributed by atoms with E-state index >= 15 is 0 Å². The fourth-order valence-corrected chi connectivity index (χ4v) is 2.14. The van der Waals surface area contributed by atoms with Gasteiger partial charge in [0.25, 0.3) is 0 Å². The lowest BCUT2D eigenvalue weighted by atomic mass is 9.98. The Hall–Kier alpha value is -0.0500. The molecule has 1 heterocycles. The van der Waals surface area contributed by atoms with Crippen molar-refractivity contribution >= 4 is 27.5 Å². The summed E-state index contributed by atoms with van der Waals surface area (Å²) in [6.07, 6.45) is 1.20. The molecule has 0 aliphatic carbocycles. The molecule has 1 aliphatic rings. The molecule has 1 aromatic rings. The number of hydrogen-bond acceptors (Lipinski definition) is 1. The molecular weight excluding hydrogens is 237 g/mol. The van der Waals surface area contributed by atoms with Crippen LogP contribution in [0.25, 0.3) is 0 Å². The van der Waals surface area contributed by atoms with Crippen LogP contribution in [0.3, 0.4) is 0 Å². The average Bonchev–Trinajstić information content (AvgIpc) is 1.91. The Balaban J connectivity index is 2.31. The molecule has 12 heavy (non-hydrogen) atoms. The molecule has 0 saturated carbocycles. The number of benzene rings is 1. The summed E-state index contributed by atoms with van der Waals surface area (Å²) in [5.41, 5.74) is 1.21. The van der Waals surface area contributed by atoms with Gasteiger partial charge in [0.1, 0.15) is 0 Å². The van der Waals surface area contributed by atoms with Crippen LogP contribution in [0.15, 0.2) is 22.7 Å². The highest BCUT2D eigenvalue weighted by atomic mass is 79.9. The first-order valence-corrected chi connectivity index (χ1v) is 5.13. The number of rotatable bonds is 1. The highest BCUT2D eigenvalue weighted by molar-refractivity contribution is 9.10. The Bertz CT molecular complexity index is 297. The average molecular weight is 247 g/mol. The lowest BCUT2D eigenvalue weighted by Crippen LogP contribution is -2.35. The first kappa shape index (κ1) is 8.54. The molecule has 1 aromatic carbocycles. The van der Waals surface area contributed by atoms with Crippen LogP contribution < -0.4 is 5.32 Å². The number of hydrogen-bond donors (Lipinski definition) is 1. The van der Waals surface area contributed by atoms with Gasteiger partial charge in [-0.3, -0.25) is 0 Å². The van der Waals surface area contributed by atoms with Crippen molar-refractivity contribution in [3.05, 3.63) is 33.3 Å². The van der Waals surface area contributed by atoms with Crippen molar-refractivity contribution in [3.63, 3.8) is 0 Å². The molecule has 1 aliphatic heterocycles. The molecule has 0 amide bonds. The van der Waals surface area contributed by atoms with Crippen molar-refractivity contribution in [2.45, 2.75) is 12.5 Å². The zero-order valence-electron chi connectivity index (χ0n) is 6.48. The van der Waals surface area contributed by atoms with Crippen LogP contribution in [0.5, 0.6) is 0 Å². The van der Waals surface area contributed by atoms with Crippen molar-refractivity contribution in [1.29, 1.82) is 0 Å². The third kappa shape index (κ3) is 1.51. The van der Waals surface area contributed by atoms with E-state index in [-0.39, 0.29) is 0 Å². The van der Waals surface area contributed by atoms with E-state index in [0.29, 0.717) is 6.04 Å². The summed E-state index contributed by atoms with van der Waals surface area (Å²) >= 11 is 9.45. The van der Waals surface area contributed by atoms with E-state index in [1.807, 2.05) is 12.1 Å². The van der Waals surface area contributed by atoms with E-state index in [0.717, 1.165) is 16.0 Å². The zero-order chi connectivity index (χ0) is 8.55. The second-order valence-electron chi connectivity index (χ2n) is 2.96. The van der Waals surface area contributed by atoms with Gasteiger partial charge >= 0.3 is 0 Å². The van der Waals surface area contributed by atoms with Crippen molar-refractivity contribution in [3.8, 4) is 0 Å². The van der Waals surface area contributed by atoms with Crippen molar-refractivity contribution in [2.75, 3.05) is 6.54 Å². The van der Waals surface area contributed by atoms with Gasteiger partial charge in [0, 0.05) is 15.5 Å². The molecule has 1 atom stereocenters. The Labute approximate surface area is 85.2 Å². The predicted molar refractivity (Wildman–Crippen MR) is 54.5 cm³/mol. The summed E-state index contributed by atoms with van der Waals surface area (Å²) < 4.78 is 1.04. The Morgan fingerprint density at radius 3 is 2.75 bits per heavy atom. The minimum atomic E-state index is 0.477.